The smallest absolute Gasteiger partial charge is 0.279 e. The third-order valence-corrected chi connectivity index (χ3v) is 4.45. The number of amides is 1. The van der Waals surface area contributed by atoms with E-state index in [0.29, 0.717) is 6.54 Å². The van der Waals surface area contributed by atoms with Gasteiger partial charge >= 0.3 is 0 Å². The molecule has 23 heavy (non-hydrogen) atoms. The van der Waals surface area contributed by atoms with Gasteiger partial charge in [0.05, 0.1) is 24.4 Å². The molecule has 1 aromatic carbocycles. The molecule has 0 unspecified atom stereocenters. The molecule has 2 aromatic rings. The van der Waals surface area contributed by atoms with Crippen molar-refractivity contribution in [3.8, 4) is 0 Å². The van der Waals surface area contributed by atoms with E-state index in [9.17, 15) is 4.79 Å². The Hall–Kier alpha value is -1.98. The average Bonchev–Trinajstić information content (AvgIpc) is 2.58. The Labute approximate surface area is 136 Å². The molecule has 1 amide bonds. The lowest BCUT2D eigenvalue weighted by Gasteiger charge is -2.23. The summed E-state index contributed by atoms with van der Waals surface area (Å²) in [6.45, 7) is 7.87. The Morgan fingerprint density at radius 2 is 2.04 bits per heavy atom. The van der Waals surface area contributed by atoms with Crippen molar-refractivity contribution in [1.82, 2.24) is 4.98 Å². The van der Waals surface area contributed by atoms with Crippen LogP contribution in [0.25, 0.3) is 10.9 Å². The molecule has 0 saturated carbocycles. The predicted molar refractivity (Wildman–Crippen MR) is 90.9 cm³/mol. The number of nitrogens with zero attached hydrogens (tertiary/aromatic N) is 1. The minimum absolute atomic E-state index is 0.0587. The van der Waals surface area contributed by atoms with E-state index in [-0.39, 0.29) is 5.91 Å². The second kappa shape index (κ2) is 7.06. The van der Waals surface area contributed by atoms with E-state index in [1.54, 1.807) is 0 Å². The standard InChI is InChI=1S/C18H23N3O2/c1-3-15-13(2)18(14-6-4-5-7-16(14)19-15)20-17(22)12-21-8-10-23-11-9-21/h4-7H,3,8-12H2,1-2H3,(H,19,20,22)/p+1. The number of aryl methyl sites for hydroxylation is 1. The van der Waals surface area contributed by atoms with Gasteiger partial charge in [0.1, 0.15) is 13.1 Å². The number of carbonyl (C=O) groups is 1. The summed E-state index contributed by atoms with van der Waals surface area (Å²) >= 11 is 0. The van der Waals surface area contributed by atoms with Crippen molar-refractivity contribution >= 4 is 22.5 Å². The van der Waals surface area contributed by atoms with Gasteiger partial charge in [-0.05, 0) is 25.0 Å². The molecule has 1 saturated heterocycles. The van der Waals surface area contributed by atoms with Gasteiger partial charge in [0.25, 0.3) is 5.91 Å². The van der Waals surface area contributed by atoms with E-state index in [0.717, 1.165) is 60.6 Å². The molecule has 0 atom stereocenters. The first kappa shape index (κ1) is 15.9. The number of aromatic nitrogens is 1. The van der Waals surface area contributed by atoms with Crippen molar-refractivity contribution in [2.75, 3.05) is 38.2 Å². The van der Waals surface area contributed by atoms with Crippen molar-refractivity contribution in [2.45, 2.75) is 20.3 Å². The summed E-state index contributed by atoms with van der Waals surface area (Å²) in [5, 5.41) is 4.14. The normalized spacial score (nSPS) is 15.7. The fourth-order valence-corrected chi connectivity index (χ4v) is 3.11. The molecule has 0 aliphatic carbocycles. The maximum absolute atomic E-state index is 12.5. The van der Waals surface area contributed by atoms with Gasteiger partial charge in [-0.2, -0.15) is 0 Å². The van der Waals surface area contributed by atoms with Gasteiger partial charge in [0.15, 0.2) is 6.54 Å². The summed E-state index contributed by atoms with van der Waals surface area (Å²) in [5.74, 6) is 0.0587. The number of fused-ring (bicyclic) bond motifs is 1. The summed E-state index contributed by atoms with van der Waals surface area (Å²) in [7, 11) is 0. The van der Waals surface area contributed by atoms with Crippen LogP contribution in [-0.4, -0.2) is 43.7 Å². The zero-order valence-electron chi connectivity index (χ0n) is 13.8. The van der Waals surface area contributed by atoms with E-state index < -0.39 is 0 Å². The van der Waals surface area contributed by atoms with E-state index >= 15 is 0 Å². The van der Waals surface area contributed by atoms with Gasteiger partial charge in [-0.1, -0.05) is 25.1 Å². The van der Waals surface area contributed by atoms with Crippen LogP contribution >= 0.6 is 0 Å². The number of carbonyl (C=O) groups excluding carboxylic acids is 1. The highest BCUT2D eigenvalue weighted by molar-refractivity contribution is 6.02. The first-order valence-electron chi connectivity index (χ1n) is 8.28. The number of pyridine rings is 1. The first-order valence-corrected chi connectivity index (χ1v) is 8.28. The number of hydrogen-bond acceptors (Lipinski definition) is 3. The third-order valence-electron chi connectivity index (χ3n) is 4.45. The number of quaternary nitrogens is 1. The van der Waals surface area contributed by atoms with Gasteiger partial charge in [0, 0.05) is 11.1 Å². The van der Waals surface area contributed by atoms with Crippen LogP contribution in [-0.2, 0) is 16.0 Å². The highest BCUT2D eigenvalue weighted by atomic mass is 16.5. The molecule has 1 fully saturated rings. The van der Waals surface area contributed by atoms with Crippen LogP contribution in [0, 0.1) is 6.92 Å². The number of anilines is 1. The third kappa shape index (κ3) is 3.51. The molecule has 1 aliphatic heterocycles. The molecular weight excluding hydrogens is 290 g/mol. The molecule has 0 spiro atoms. The quantitative estimate of drug-likeness (QED) is 0.884. The van der Waals surface area contributed by atoms with E-state index in [2.05, 4.69) is 12.2 Å². The summed E-state index contributed by atoms with van der Waals surface area (Å²) in [6.07, 6.45) is 0.855. The minimum Gasteiger partial charge on any atom is -0.370 e. The molecule has 2 N–H and O–H groups in total. The molecule has 3 rings (SSSR count). The summed E-state index contributed by atoms with van der Waals surface area (Å²) < 4.78 is 5.35. The van der Waals surface area contributed by atoms with Crippen molar-refractivity contribution in [2.24, 2.45) is 0 Å². The maximum Gasteiger partial charge on any atom is 0.279 e. The molecule has 0 bridgehead atoms. The summed E-state index contributed by atoms with van der Waals surface area (Å²) in [6, 6.07) is 7.98. The second-order valence-electron chi connectivity index (χ2n) is 6.02. The number of hydrogen-bond donors (Lipinski definition) is 2. The molecule has 0 radical (unpaired) electrons. The zero-order valence-corrected chi connectivity index (χ0v) is 13.8. The first-order chi connectivity index (χ1) is 11.2. The van der Waals surface area contributed by atoms with Crippen LogP contribution in [0.5, 0.6) is 0 Å². The highest BCUT2D eigenvalue weighted by Gasteiger charge is 2.19. The van der Waals surface area contributed by atoms with Crippen molar-refractivity contribution in [3.63, 3.8) is 0 Å². The van der Waals surface area contributed by atoms with Crippen LogP contribution in [0.3, 0.4) is 0 Å². The SMILES string of the molecule is CCc1nc2ccccc2c(NC(=O)C[NH+]2CCOCC2)c1C. The highest BCUT2D eigenvalue weighted by Crippen LogP contribution is 2.28. The summed E-state index contributed by atoms with van der Waals surface area (Å²) in [5.41, 5.74) is 3.95. The molecule has 5 heteroatoms. The van der Waals surface area contributed by atoms with Gasteiger partial charge in [-0.3, -0.25) is 9.78 Å². The fourth-order valence-electron chi connectivity index (χ4n) is 3.11. The number of nitrogens with one attached hydrogen (secondary N) is 2. The van der Waals surface area contributed by atoms with Gasteiger partial charge in [-0.15, -0.1) is 0 Å². The molecule has 1 aromatic heterocycles. The number of rotatable bonds is 4. The molecule has 2 heterocycles. The molecule has 5 nitrogen and oxygen atoms in total. The Morgan fingerprint density at radius 1 is 1.30 bits per heavy atom. The number of benzene rings is 1. The van der Waals surface area contributed by atoms with Crippen LogP contribution in [0.4, 0.5) is 5.69 Å². The topological polar surface area (TPSA) is 55.7 Å². The molecule has 1 aliphatic rings. The number of para-hydroxylation sites is 1. The van der Waals surface area contributed by atoms with E-state index in [1.807, 2.05) is 31.2 Å². The average molecular weight is 314 g/mol. The van der Waals surface area contributed by atoms with Crippen LogP contribution < -0.4 is 10.2 Å². The second-order valence-corrected chi connectivity index (χ2v) is 6.02. The lowest BCUT2D eigenvalue weighted by molar-refractivity contribution is -0.899. The van der Waals surface area contributed by atoms with Gasteiger partial charge < -0.3 is 15.0 Å². The van der Waals surface area contributed by atoms with Crippen LogP contribution in [0.1, 0.15) is 18.2 Å². The Balaban J connectivity index is 1.86. The number of morpholine rings is 1. The van der Waals surface area contributed by atoms with Gasteiger partial charge in [-0.25, -0.2) is 0 Å². The largest absolute Gasteiger partial charge is 0.370 e. The number of ether oxygens (including phenoxy) is 1. The predicted octanol–water partition coefficient (Wildman–Crippen LogP) is 0.959. The van der Waals surface area contributed by atoms with Crippen molar-refractivity contribution in [3.05, 3.63) is 35.5 Å². The van der Waals surface area contributed by atoms with E-state index in [4.69, 9.17) is 9.72 Å². The van der Waals surface area contributed by atoms with Crippen molar-refractivity contribution in [1.29, 1.82) is 0 Å². The Bertz CT molecular complexity index is 709. The Kier molecular flexibility index (Phi) is 4.88. The van der Waals surface area contributed by atoms with E-state index in [1.165, 1.54) is 4.90 Å². The van der Waals surface area contributed by atoms with Crippen LogP contribution in [0.2, 0.25) is 0 Å². The Morgan fingerprint density at radius 3 is 2.78 bits per heavy atom. The molecule has 122 valence electrons. The molecular formula is C18H24N3O2+. The lowest BCUT2D eigenvalue weighted by Crippen LogP contribution is -3.15. The minimum atomic E-state index is 0.0587. The monoisotopic (exact) mass is 314 g/mol. The van der Waals surface area contributed by atoms with Crippen LogP contribution in [0.15, 0.2) is 24.3 Å². The lowest BCUT2D eigenvalue weighted by atomic mass is 10.1. The summed E-state index contributed by atoms with van der Waals surface area (Å²) in [4.78, 5) is 18.5. The fraction of sp³-hybridized carbons (Fsp3) is 0.444. The maximum atomic E-state index is 12.5. The van der Waals surface area contributed by atoms with Gasteiger partial charge in [0.2, 0.25) is 0 Å². The van der Waals surface area contributed by atoms with Crippen molar-refractivity contribution < 1.29 is 14.4 Å². The zero-order chi connectivity index (χ0) is 16.2.